The fourth-order valence-corrected chi connectivity index (χ4v) is 2.88. The Labute approximate surface area is 165 Å². The monoisotopic (exact) mass is 384 g/mol. The minimum absolute atomic E-state index is 0.0494. The molecule has 1 aromatic heterocycles. The van der Waals surface area contributed by atoms with Gasteiger partial charge >= 0.3 is 0 Å². The highest BCUT2D eigenvalue weighted by Gasteiger charge is 2.17. The van der Waals surface area contributed by atoms with Crippen molar-refractivity contribution in [3.05, 3.63) is 70.7 Å². The second-order valence-electron chi connectivity index (χ2n) is 7.27. The Bertz CT molecular complexity index is 897. The molecule has 0 saturated carbocycles. The van der Waals surface area contributed by atoms with E-state index < -0.39 is 0 Å². The molecule has 0 spiro atoms. The summed E-state index contributed by atoms with van der Waals surface area (Å²) in [7, 11) is 0. The molecule has 3 rings (SSSR count). The van der Waals surface area contributed by atoms with Gasteiger partial charge < -0.3 is 15.2 Å². The normalized spacial score (nSPS) is 11.7. The largest absolute Gasteiger partial charge is 0.477 e. The molecular formula is C22H25ClN2O2. The first-order chi connectivity index (χ1) is 13.0. The van der Waals surface area contributed by atoms with Gasteiger partial charge in [-0.2, -0.15) is 0 Å². The topological polar surface area (TPSA) is 54.4 Å². The summed E-state index contributed by atoms with van der Waals surface area (Å²) >= 11 is 6.11. The van der Waals surface area contributed by atoms with Crippen molar-refractivity contribution in [2.75, 3.05) is 13.2 Å². The Morgan fingerprint density at radius 2 is 1.89 bits per heavy atom. The molecule has 0 fully saturated rings. The summed E-state index contributed by atoms with van der Waals surface area (Å²) < 4.78 is 6.03. The zero-order valence-electron chi connectivity index (χ0n) is 15.7. The molecule has 0 aliphatic rings. The van der Waals surface area contributed by atoms with E-state index in [1.165, 1.54) is 5.56 Å². The molecule has 0 radical (unpaired) electrons. The van der Waals surface area contributed by atoms with Crippen LogP contribution in [0.1, 0.15) is 25.0 Å². The van der Waals surface area contributed by atoms with Crippen molar-refractivity contribution < 1.29 is 9.84 Å². The molecule has 2 aromatic carbocycles. The molecule has 2 N–H and O–H groups in total. The van der Waals surface area contributed by atoms with Crippen molar-refractivity contribution in [1.29, 1.82) is 0 Å². The number of hydrogen-bond donors (Lipinski definition) is 2. The average molecular weight is 385 g/mol. The van der Waals surface area contributed by atoms with Crippen LogP contribution in [0.25, 0.3) is 10.9 Å². The summed E-state index contributed by atoms with van der Waals surface area (Å²) in [6.45, 7) is 5.06. The lowest BCUT2D eigenvalue weighted by Gasteiger charge is -2.24. The van der Waals surface area contributed by atoms with E-state index in [1.54, 1.807) is 0 Å². The SMILES string of the molecule is CC(C)(CO)NCc1cc2ccc(Cl)cc2nc1OCCc1ccccc1. The van der Waals surface area contributed by atoms with Crippen molar-refractivity contribution in [2.45, 2.75) is 32.4 Å². The van der Waals surface area contributed by atoms with Crippen LogP contribution in [0.5, 0.6) is 5.88 Å². The van der Waals surface area contributed by atoms with Crippen LogP contribution >= 0.6 is 11.6 Å². The summed E-state index contributed by atoms with van der Waals surface area (Å²) in [6, 6.07) is 18.0. The van der Waals surface area contributed by atoms with E-state index in [9.17, 15) is 5.11 Å². The van der Waals surface area contributed by atoms with Gasteiger partial charge in [-0.1, -0.05) is 48.0 Å². The number of pyridine rings is 1. The van der Waals surface area contributed by atoms with E-state index in [2.05, 4.69) is 28.5 Å². The quantitative estimate of drug-likeness (QED) is 0.605. The lowest BCUT2D eigenvalue weighted by Crippen LogP contribution is -2.42. The number of nitrogens with one attached hydrogen (secondary N) is 1. The van der Waals surface area contributed by atoms with E-state index in [4.69, 9.17) is 16.3 Å². The lowest BCUT2D eigenvalue weighted by molar-refractivity contribution is 0.186. The third kappa shape index (κ3) is 5.42. The molecule has 0 bridgehead atoms. The Morgan fingerprint density at radius 1 is 1.11 bits per heavy atom. The van der Waals surface area contributed by atoms with Crippen molar-refractivity contribution in [3.63, 3.8) is 0 Å². The number of ether oxygens (including phenoxy) is 1. The summed E-state index contributed by atoms with van der Waals surface area (Å²) in [6.07, 6.45) is 0.811. The van der Waals surface area contributed by atoms with Gasteiger partial charge in [-0.05, 0) is 37.6 Å². The van der Waals surface area contributed by atoms with Gasteiger partial charge in [0.25, 0.3) is 0 Å². The van der Waals surface area contributed by atoms with Gasteiger partial charge in [-0.3, -0.25) is 0 Å². The van der Waals surface area contributed by atoms with Gasteiger partial charge in [-0.25, -0.2) is 4.98 Å². The van der Waals surface area contributed by atoms with Gasteiger partial charge in [0, 0.05) is 34.5 Å². The van der Waals surface area contributed by atoms with Gasteiger partial charge in [0.2, 0.25) is 5.88 Å². The van der Waals surface area contributed by atoms with E-state index in [-0.39, 0.29) is 12.1 Å². The highest BCUT2D eigenvalue weighted by Crippen LogP contribution is 2.25. The van der Waals surface area contributed by atoms with Crippen LogP contribution in [-0.4, -0.2) is 28.8 Å². The molecule has 0 saturated heterocycles. The number of hydrogen-bond acceptors (Lipinski definition) is 4. The van der Waals surface area contributed by atoms with E-state index in [0.717, 1.165) is 22.9 Å². The molecule has 3 aromatic rings. The third-order valence-electron chi connectivity index (χ3n) is 4.44. The van der Waals surface area contributed by atoms with Crippen molar-refractivity contribution >= 4 is 22.5 Å². The first-order valence-electron chi connectivity index (χ1n) is 9.09. The molecule has 1 heterocycles. The molecule has 27 heavy (non-hydrogen) atoms. The van der Waals surface area contributed by atoms with Crippen LogP contribution in [0.3, 0.4) is 0 Å². The van der Waals surface area contributed by atoms with Crippen LogP contribution in [0.4, 0.5) is 0 Å². The number of aliphatic hydroxyl groups excluding tert-OH is 1. The Hall–Kier alpha value is -2.14. The Balaban J connectivity index is 1.81. The first-order valence-corrected chi connectivity index (χ1v) is 9.46. The van der Waals surface area contributed by atoms with Crippen LogP contribution in [-0.2, 0) is 13.0 Å². The number of halogens is 1. The summed E-state index contributed by atoms with van der Waals surface area (Å²) in [5, 5.41) is 14.5. The van der Waals surface area contributed by atoms with Crippen molar-refractivity contribution in [2.24, 2.45) is 0 Å². The van der Waals surface area contributed by atoms with Crippen LogP contribution in [0, 0.1) is 0 Å². The molecule has 0 aliphatic carbocycles. The predicted octanol–water partition coefficient (Wildman–Crippen LogP) is 4.37. The minimum Gasteiger partial charge on any atom is -0.477 e. The lowest BCUT2D eigenvalue weighted by atomic mass is 10.1. The standard InChI is InChI=1S/C22H25ClN2O2/c1-22(2,15-26)24-14-18-12-17-8-9-19(23)13-20(17)25-21(18)27-11-10-16-6-4-3-5-7-16/h3-9,12-13,24,26H,10-11,14-15H2,1-2H3. The fraction of sp³-hybridized carbons (Fsp3) is 0.318. The number of nitrogens with zero attached hydrogens (tertiary/aromatic N) is 1. The molecule has 0 amide bonds. The van der Waals surface area contributed by atoms with Gasteiger partial charge in [-0.15, -0.1) is 0 Å². The summed E-state index contributed by atoms with van der Waals surface area (Å²) in [4.78, 5) is 4.68. The second-order valence-corrected chi connectivity index (χ2v) is 7.71. The maximum absolute atomic E-state index is 9.49. The number of rotatable bonds is 8. The van der Waals surface area contributed by atoms with Crippen molar-refractivity contribution in [1.82, 2.24) is 10.3 Å². The molecule has 142 valence electrons. The third-order valence-corrected chi connectivity index (χ3v) is 4.68. The smallest absolute Gasteiger partial charge is 0.218 e. The van der Waals surface area contributed by atoms with E-state index in [1.807, 2.05) is 50.2 Å². The Morgan fingerprint density at radius 3 is 2.63 bits per heavy atom. The minimum atomic E-state index is -0.379. The van der Waals surface area contributed by atoms with Crippen LogP contribution < -0.4 is 10.1 Å². The molecule has 4 nitrogen and oxygen atoms in total. The highest BCUT2D eigenvalue weighted by molar-refractivity contribution is 6.31. The number of aromatic nitrogens is 1. The van der Waals surface area contributed by atoms with E-state index in [0.29, 0.717) is 24.1 Å². The maximum atomic E-state index is 9.49. The molecular weight excluding hydrogens is 360 g/mol. The average Bonchev–Trinajstić information content (AvgIpc) is 2.67. The molecule has 0 unspecified atom stereocenters. The van der Waals surface area contributed by atoms with Crippen molar-refractivity contribution in [3.8, 4) is 5.88 Å². The Kier molecular flexibility index (Phi) is 6.32. The molecule has 0 aliphatic heterocycles. The fourth-order valence-electron chi connectivity index (χ4n) is 2.72. The van der Waals surface area contributed by atoms with Gasteiger partial charge in [0.15, 0.2) is 0 Å². The zero-order chi connectivity index (χ0) is 19.3. The summed E-state index contributed by atoms with van der Waals surface area (Å²) in [5.41, 5.74) is 2.61. The maximum Gasteiger partial charge on any atom is 0.218 e. The highest BCUT2D eigenvalue weighted by atomic mass is 35.5. The molecule has 0 atom stereocenters. The molecule has 5 heteroatoms. The summed E-state index contributed by atoms with van der Waals surface area (Å²) in [5.74, 6) is 0.599. The van der Waals surface area contributed by atoms with Crippen LogP contribution in [0.15, 0.2) is 54.6 Å². The second kappa shape index (κ2) is 8.70. The number of fused-ring (bicyclic) bond motifs is 1. The zero-order valence-corrected chi connectivity index (χ0v) is 16.5. The van der Waals surface area contributed by atoms with Crippen LogP contribution in [0.2, 0.25) is 5.02 Å². The van der Waals surface area contributed by atoms with E-state index >= 15 is 0 Å². The predicted molar refractivity (Wildman–Crippen MR) is 110 cm³/mol. The van der Waals surface area contributed by atoms with Gasteiger partial charge in [0.05, 0.1) is 18.7 Å². The number of aliphatic hydroxyl groups is 1. The first kappa shape index (κ1) is 19.6. The van der Waals surface area contributed by atoms with Gasteiger partial charge in [0.1, 0.15) is 0 Å². The number of benzene rings is 2.